The predicted molar refractivity (Wildman–Crippen MR) is 65.0 cm³/mol. The van der Waals surface area contributed by atoms with E-state index in [0.717, 1.165) is 43.9 Å². The summed E-state index contributed by atoms with van der Waals surface area (Å²) in [6.45, 7) is 0.788. The molecule has 94 valence electrons. The van der Waals surface area contributed by atoms with Crippen LogP contribution in [0.2, 0.25) is 0 Å². The molecule has 17 heavy (non-hydrogen) atoms. The third-order valence-electron chi connectivity index (χ3n) is 3.80. The van der Waals surface area contributed by atoms with Gasteiger partial charge in [-0.05, 0) is 37.6 Å². The lowest BCUT2D eigenvalue weighted by atomic mass is 9.69. The summed E-state index contributed by atoms with van der Waals surface area (Å²) in [6.07, 6.45) is 5.52. The normalized spacial score (nSPS) is 19.2. The smallest absolute Gasteiger partial charge is 0.126 e. The molecule has 2 rings (SSSR count). The molecule has 0 aliphatic heterocycles. The second kappa shape index (κ2) is 5.13. The summed E-state index contributed by atoms with van der Waals surface area (Å²) >= 11 is 0. The quantitative estimate of drug-likeness (QED) is 0.852. The molecular weight excluding hydrogens is 220 g/mol. The molecule has 1 aliphatic rings. The van der Waals surface area contributed by atoms with E-state index in [-0.39, 0.29) is 5.41 Å². The van der Waals surface area contributed by atoms with Crippen molar-refractivity contribution in [3.05, 3.63) is 35.4 Å². The first-order chi connectivity index (χ1) is 8.16. The van der Waals surface area contributed by atoms with Crippen LogP contribution < -0.4 is 5.32 Å². The zero-order valence-corrected chi connectivity index (χ0v) is 10.2. The summed E-state index contributed by atoms with van der Waals surface area (Å²) in [6, 6.07) is 3.93. The zero-order valence-electron chi connectivity index (χ0n) is 10.2. The van der Waals surface area contributed by atoms with E-state index in [4.69, 9.17) is 0 Å². The minimum absolute atomic E-state index is 0.0874. The molecule has 0 saturated heterocycles. The van der Waals surface area contributed by atoms with Gasteiger partial charge in [0.1, 0.15) is 11.6 Å². The van der Waals surface area contributed by atoms with Crippen LogP contribution in [0, 0.1) is 11.6 Å². The number of rotatable bonds is 3. The fourth-order valence-corrected chi connectivity index (χ4v) is 2.99. The van der Waals surface area contributed by atoms with Gasteiger partial charge in [0.2, 0.25) is 0 Å². The highest BCUT2D eigenvalue weighted by Gasteiger charge is 2.33. The molecule has 0 radical (unpaired) electrons. The highest BCUT2D eigenvalue weighted by atomic mass is 19.1. The summed E-state index contributed by atoms with van der Waals surface area (Å²) in [5.41, 5.74) is 0.722. The Morgan fingerprint density at radius 2 is 1.65 bits per heavy atom. The van der Waals surface area contributed by atoms with E-state index in [1.54, 1.807) is 0 Å². The average Bonchev–Trinajstić information content (AvgIpc) is 2.29. The van der Waals surface area contributed by atoms with Crippen molar-refractivity contribution >= 4 is 0 Å². The predicted octanol–water partition coefficient (Wildman–Crippen LogP) is 3.39. The number of likely N-dealkylation sites (N-methyl/N-ethyl adjacent to an activating group) is 1. The molecular formula is C14H19F2N. The van der Waals surface area contributed by atoms with Crippen LogP contribution in [0.25, 0.3) is 0 Å². The van der Waals surface area contributed by atoms with Crippen molar-refractivity contribution in [1.82, 2.24) is 5.32 Å². The molecule has 0 bridgehead atoms. The fraction of sp³-hybridized carbons (Fsp3) is 0.571. The monoisotopic (exact) mass is 239 g/mol. The van der Waals surface area contributed by atoms with E-state index in [1.165, 1.54) is 18.6 Å². The van der Waals surface area contributed by atoms with Crippen molar-refractivity contribution in [3.63, 3.8) is 0 Å². The molecule has 1 aromatic rings. The maximum Gasteiger partial charge on any atom is 0.126 e. The van der Waals surface area contributed by atoms with E-state index >= 15 is 0 Å². The first-order valence-electron chi connectivity index (χ1n) is 6.27. The van der Waals surface area contributed by atoms with Gasteiger partial charge < -0.3 is 5.32 Å². The highest BCUT2D eigenvalue weighted by Crippen LogP contribution is 2.39. The van der Waals surface area contributed by atoms with Crippen LogP contribution in [0.1, 0.15) is 37.7 Å². The molecule has 1 nitrogen and oxygen atoms in total. The number of benzene rings is 1. The summed E-state index contributed by atoms with van der Waals surface area (Å²) in [5.74, 6) is -0.942. The van der Waals surface area contributed by atoms with Crippen molar-refractivity contribution < 1.29 is 8.78 Å². The van der Waals surface area contributed by atoms with E-state index in [9.17, 15) is 8.78 Å². The molecule has 1 saturated carbocycles. The second-order valence-corrected chi connectivity index (χ2v) is 5.03. The first kappa shape index (κ1) is 12.5. The number of hydrogen-bond acceptors (Lipinski definition) is 1. The van der Waals surface area contributed by atoms with Gasteiger partial charge in [0, 0.05) is 18.0 Å². The minimum atomic E-state index is -0.471. The lowest BCUT2D eigenvalue weighted by molar-refractivity contribution is 0.284. The van der Waals surface area contributed by atoms with Gasteiger partial charge in [0.05, 0.1) is 0 Å². The number of nitrogens with one attached hydrogen (secondary N) is 1. The van der Waals surface area contributed by atoms with Crippen molar-refractivity contribution in [1.29, 1.82) is 0 Å². The molecule has 0 unspecified atom stereocenters. The second-order valence-electron chi connectivity index (χ2n) is 5.03. The summed E-state index contributed by atoms with van der Waals surface area (Å²) in [4.78, 5) is 0. The van der Waals surface area contributed by atoms with E-state index in [0.29, 0.717) is 0 Å². The van der Waals surface area contributed by atoms with Gasteiger partial charge in [-0.2, -0.15) is 0 Å². The van der Waals surface area contributed by atoms with Gasteiger partial charge >= 0.3 is 0 Å². The number of halogens is 2. The van der Waals surface area contributed by atoms with Crippen LogP contribution in [0.3, 0.4) is 0 Å². The topological polar surface area (TPSA) is 12.0 Å². The Kier molecular flexibility index (Phi) is 3.77. The zero-order chi connectivity index (χ0) is 12.3. The van der Waals surface area contributed by atoms with Crippen LogP contribution in [0.4, 0.5) is 8.78 Å². The third-order valence-corrected chi connectivity index (χ3v) is 3.80. The maximum absolute atomic E-state index is 13.3. The molecule has 3 heteroatoms. The van der Waals surface area contributed by atoms with Crippen LogP contribution in [-0.4, -0.2) is 13.6 Å². The van der Waals surface area contributed by atoms with Crippen LogP contribution in [0.15, 0.2) is 18.2 Å². The minimum Gasteiger partial charge on any atom is -0.319 e. The molecule has 0 heterocycles. The molecule has 0 spiro atoms. The van der Waals surface area contributed by atoms with Gasteiger partial charge in [-0.3, -0.25) is 0 Å². The molecule has 1 fully saturated rings. The number of hydrogen-bond donors (Lipinski definition) is 1. The molecule has 1 N–H and O–H groups in total. The standard InChI is InChI=1S/C14H19F2N/c1-17-10-14(5-3-2-4-6-14)11-7-12(15)9-13(16)8-11/h7-9,17H,2-6,10H2,1H3. The Bertz CT molecular complexity index is 358. The van der Waals surface area contributed by atoms with Crippen molar-refractivity contribution in [2.24, 2.45) is 0 Å². The lowest BCUT2D eigenvalue weighted by Gasteiger charge is -2.38. The Balaban J connectivity index is 2.37. The summed E-state index contributed by atoms with van der Waals surface area (Å²) < 4.78 is 26.7. The van der Waals surface area contributed by atoms with E-state index in [2.05, 4.69) is 5.32 Å². The Hall–Kier alpha value is -0.960. The fourth-order valence-electron chi connectivity index (χ4n) is 2.99. The van der Waals surface area contributed by atoms with Gasteiger partial charge in [0.15, 0.2) is 0 Å². The van der Waals surface area contributed by atoms with E-state index < -0.39 is 11.6 Å². The largest absolute Gasteiger partial charge is 0.319 e. The lowest BCUT2D eigenvalue weighted by Crippen LogP contribution is -2.38. The Morgan fingerprint density at radius 1 is 1.06 bits per heavy atom. The van der Waals surface area contributed by atoms with Crippen molar-refractivity contribution in [3.8, 4) is 0 Å². The molecule has 1 aromatic carbocycles. The van der Waals surface area contributed by atoms with Crippen molar-refractivity contribution in [2.45, 2.75) is 37.5 Å². The van der Waals surface area contributed by atoms with Gasteiger partial charge in [-0.15, -0.1) is 0 Å². The Morgan fingerprint density at radius 3 is 2.18 bits per heavy atom. The van der Waals surface area contributed by atoms with Gasteiger partial charge in [-0.1, -0.05) is 19.3 Å². The van der Waals surface area contributed by atoms with Crippen molar-refractivity contribution in [2.75, 3.05) is 13.6 Å². The molecule has 0 aromatic heterocycles. The van der Waals surface area contributed by atoms with Gasteiger partial charge in [-0.25, -0.2) is 8.78 Å². The SMILES string of the molecule is CNCC1(c2cc(F)cc(F)c2)CCCCC1. The van der Waals surface area contributed by atoms with Gasteiger partial charge in [0.25, 0.3) is 0 Å². The summed E-state index contributed by atoms with van der Waals surface area (Å²) in [5, 5.41) is 3.17. The summed E-state index contributed by atoms with van der Waals surface area (Å²) in [7, 11) is 1.89. The molecule has 1 aliphatic carbocycles. The van der Waals surface area contributed by atoms with Crippen LogP contribution >= 0.6 is 0 Å². The molecule has 0 atom stereocenters. The first-order valence-corrected chi connectivity index (χ1v) is 6.27. The molecule has 0 amide bonds. The van der Waals surface area contributed by atoms with Crippen LogP contribution in [-0.2, 0) is 5.41 Å². The highest BCUT2D eigenvalue weighted by molar-refractivity contribution is 5.28. The average molecular weight is 239 g/mol. The maximum atomic E-state index is 13.3. The third kappa shape index (κ3) is 2.65. The Labute approximate surface area is 101 Å². The van der Waals surface area contributed by atoms with E-state index in [1.807, 2.05) is 7.05 Å². The van der Waals surface area contributed by atoms with Crippen LogP contribution in [0.5, 0.6) is 0 Å².